The second-order valence-corrected chi connectivity index (χ2v) is 8.68. The van der Waals surface area contributed by atoms with Crippen LogP contribution >= 0.6 is 22.9 Å². The van der Waals surface area contributed by atoms with Crippen molar-refractivity contribution >= 4 is 40.5 Å². The van der Waals surface area contributed by atoms with Crippen molar-refractivity contribution in [3.8, 4) is 0 Å². The first kappa shape index (κ1) is 19.2. The van der Waals surface area contributed by atoms with E-state index in [1.807, 2.05) is 41.8 Å². The lowest BCUT2D eigenvalue weighted by Crippen LogP contribution is -2.42. The number of hydrazone groups is 1. The summed E-state index contributed by atoms with van der Waals surface area (Å²) < 4.78 is 0. The highest BCUT2D eigenvalue weighted by Crippen LogP contribution is 2.37. The van der Waals surface area contributed by atoms with Gasteiger partial charge in [0.25, 0.3) is 5.91 Å². The third-order valence-electron chi connectivity index (χ3n) is 5.44. The molecule has 0 bridgehead atoms. The second kappa shape index (κ2) is 8.05. The summed E-state index contributed by atoms with van der Waals surface area (Å²) in [5.41, 5.74) is 1.75. The Labute approximate surface area is 173 Å². The summed E-state index contributed by atoms with van der Waals surface area (Å²) in [4.78, 5) is 28.1. The maximum Gasteiger partial charge on any atom is 0.262 e. The molecule has 5 nitrogen and oxygen atoms in total. The van der Waals surface area contributed by atoms with E-state index in [9.17, 15) is 9.59 Å². The summed E-state index contributed by atoms with van der Waals surface area (Å²) in [6, 6.07) is 11.3. The quantitative estimate of drug-likeness (QED) is 0.729. The average molecular weight is 416 g/mol. The van der Waals surface area contributed by atoms with Crippen LogP contribution in [0.15, 0.2) is 46.9 Å². The predicted molar refractivity (Wildman–Crippen MR) is 111 cm³/mol. The van der Waals surface area contributed by atoms with Gasteiger partial charge in [-0.05, 0) is 35.9 Å². The molecule has 1 aromatic carbocycles. The molecule has 1 atom stereocenters. The number of carbonyl (C=O) groups is 2. The topological polar surface area (TPSA) is 53.0 Å². The number of nitrogens with zero attached hydrogens (tertiary/aromatic N) is 3. The molecule has 0 spiro atoms. The van der Waals surface area contributed by atoms with E-state index >= 15 is 0 Å². The van der Waals surface area contributed by atoms with Gasteiger partial charge in [0, 0.05) is 24.4 Å². The van der Waals surface area contributed by atoms with Crippen LogP contribution < -0.4 is 0 Å². The van der Waals surface area contributed by atoms with Gasteiger partial charge in [0.15, 0.2) is 0 Å². The third-order valence-corrected chi connectivity index (χ3v) is 6.70. The fraction of sp³-hybridized carbons (Fsp3) is 0.381. The summed E-state index contributed by atoms with van der Waals surface area (Å²) in [5.74, 6) is -0.0666. The van der Waals surface area contributed by atoms with E-state index in [1.54, 1.807) is 18.4 Å². The van der Waals surface area contributed by atoms with Gasteiger partial charge in [0.05, 0.1) is 16.6 Å². The van der Waals surface area contributed by atoms with Crippen molar-refractivity contribution < 1.29 is 9.59 Å². The van der Waals surface area contributed by atoms with Crippen LogP contribution in [0.25, 0.3) is 0 Å². The Morgan fingerprint density at radius 2 is 2.04 bits per heavy atom. The lowest BCUT2D eigenvalue weighted by Gasteiger charge is -2.30. The minimum atomic E-state index is -0.259. The summed E-state index contributed by atoms with van der Waals surface area (Å²) in [6.07, 6.45) is 3.54. The maximum atomic E-state index is 13.1. The summed E-state index contributed by atoms with van der Waals surface area (Å²) in [6.45, 7) is 0.0253. The van der Waals surface area contributed by atoms with Gasteiger partial charge >= 0.3 is 0 Å². The van der Waals surface area contributed by atoms with Gasteiger partial charge < -0.3 is 4.90 Å². The SMILES string of the molecule is CN(CC(=O)N1N=C(c2cccs2)CC1c1ccccc1Cl)C(=O)C1CCC1. The molecule has 2 heterocycles. The Hall–Kier alpha value is -2.18. The summed E-state index contributed by atoms with van der Waals surface area (Å²) in [7, 11) is 1.70. The molecular weight excluding hydrogens is 394 g/mol. The summed E-state index contributed by atoms with van der Waals surface area (Å²) >= 11 is 8.02. The minimum absolute atomic E-state index is 0.0253. The normalized spacial score (nSPS) is 19.3. The number of benzene rings is 1. The zero-order chi connectivity index (χ0) is 19.7. The van der Waals surface area contributed by atoms with Crippen molar-refractivity contribution in [1.29, 1.82) is 0 Å². The van der Waals surface area contributed by atoms with Crippen molar-refractivity contribution in [3.63, 3.8) is 0 Å². The van der Waals surface area contributed by atoms with Crippen LogP contribution in [0.1, 0.15) is 42.2 Å². The number of likely N-dealkylation sites (N-methyl/N-ethyl adjacent to an activating group) is 1. The van der Waals surface area contributed by atoms with E-state index in [4.69, 9.17) is 11.6 Å². The highest BCUT2D eigenvalue weighted by molar-refractivity contribution is 7.12. The summed E-state index contributed by atoms with van der Waals surface area (Å²) in [5, 5.41) is 8.77. The van der Waals surface area contributed by atoms with Crippen LogP contribution in [0.2, 0.25) is 5.02 Å². The molecule has 0 N–H and O–H groups in total. The largest absolute Gasteiger partial charge is 0.336 e. The molecule has 1 aliphatic heterocycles. The Bertz CT molecular complexity index is 908. The number of rotatable bonds is 5. The molecule has 1 saturated carbocycles. The number of thiophene rings is 1. The lowest BCUT2D eigenvalue weighted by molar-refractivity contribution is -0.144. The molecule has 28 heavy (non-hydrogen) atoms. The molecule has 2 aromatic rings. The smallest absolute Gasteiger partial charge is 0.262 e. The van der Waals surface area contributed by atoms with Gasteiger partial charge in [-0.25, -0.2) is 5.01 Å². The predicted octanol–water partition coefficient (Wildman–Crippen LogP) is 4.34. The molecular formula is C21H22ClN3O2S. The molecule has 146 valence electrons. The van der Waals surface area contributed by atoms with Gasteiger partial charge in [-0.1, -0.05) is 42.3 Å². The maximum absolute atomic E-state index is 13.1. The number of halogens is 1. The molecule has 1 aromatic heterocycles. The molecule has 1 fully saturated rings. The monoisotopic (exact) mass is 415 g/mol. The molecule has 2 amide bonds. The second-order valence-electron chi connectivity index (χ2n) is 7.33. The Kier molecular flexibility index (Phi) is 5.51. The van der Waals surface area contributed by atoms with E-state index in [1.165, 1.54) is 9.91 Å². The van der Waals surface area contributed by atoms with Crippen LogP contribution in [0.3, 0.4) is 0 Å². The molecule has 7 heteroatoms. The Morgan fingerprint density at radius 3 is 2.68 bits per heavy atom. The van der Waals surface area contributed by atoms with Crippen LogP contribution in [0.4, 0.5) is 0 Å². The van der Waals surface area contributed by atoms with E-state index in [0.29, 0.717) is 11.4 Å². The van der Waals surface area contributed by atoms with Gasteiger partial charge in [-0.15, -0.1) is 11.3 Å². The molecule has 0 saturated heterocycles. The fourth-order valence-corrected chi connectivity index (χ4v) is 4.62. The zero-order valence-corrected chi connectivity index (χ0v) is 17.2. The Morgan fingerprint density at radius 1 is 1.25 bits per heavy atom. The molecule has 0 radical (unpaired) electrons. The highest BCUT2D eigenvalue weighted by Gasteiger charge is 2.36. The molecule has 1 unspecified atom stereocenters. The van der Waals surface area contributed by atoms with Gasteiger partial charge in [0.1, 0.15) is 6.54 Å². The lowest BCUT2D eigenvalue weighted by atomic mass is 9.84. The van der Waals surface area contributed by atoms with E-state index in [2.05, 4.69) is 5.10 Å². The van der Waals surface area contributed by atoms with Crippen LogP contribution in [-0.4, -0.2) is 41.0 Å². The molecule has 1 aliphatic carbocycles. The van der Waals surface area contributed by atoms with E-state index in [-0.39, 0.29) is 30.3 Å². The third kappa shape index (κ3) is 3.71. The van der Waals surface area contributed by atoms with Crippen LogP contribution in [0.5, 0.6) is 0 Å². The van der Waals surface area contributed by atoms with Crippen LogP contribution in [-0.2, 0) is 9.59 Å². The zero-order valence-electron chi connectivity index (χ0n) is 15.7. The Balaban J connectivity index is 1.57. The molecule has 4 rings (SSSR count). The fourth-order valence-electron chi connectivity index (χ4n) is 3.64. The van der Waals surface area contributed by atoms with Gasteiger partial charge in [-0.2, -0.15) is 5.10 Å². The van der Waals surface area contributed by atoms with E-state index < -0.39 is 0 Å². The van der Waals surface area contributed by atoms with E-state index in [0.717, 1.165) is 35.4 Å². The standard InChI is InChI=1S/C21H22ClN3O2S/c1-24(21(27)14-6-4-7-14)13-20(26)25-18(15-8-2-3-9-16(15)22)12-17(23-25)19-10-5-11-28-19/h2-3,5,8-11,14,18H,4,6-7,12-13H2,1H3. The van der Waals surface area contributed by atoms with Crippen LogP contribution in [0, 0.1) is 5.92 Å². The number of carbonyl (C=O) groups excluding carboxylic acids is 2. The number of amides is 2. The van der Waals surface area contributed by atoms with Crippen molar-refractivity contribution in [2.45, 2.75) is 31.7 Å². The van der Waals surface area contributed by atoms with Crippen molar-refractivity contribution in [1.82, 2.24) is 9.91 Å². The number of hydrogen-bond acceptors (Lipinski definition) is 4. The van der Waals surface area contributed by atoms with Crippen molar-refractivity contribution in [2.24, 2.45) is 11.0 Å². The van der Waals surface area contributed by atoms with Crippen molar-refractivity contribution in [3.05, 3.63) is 57.2 Å². The van der Waals surface area contributed by atoms with Crippen molar-refractivity contribution in [2.75, 3.05) is 13.6 Å². The highest BCUT2D eigenvalue weighted by atomic mass is 35.5. The van der Waals surface area contributed by atoms with Gasteiger partial charge in [-0.3, -0.25) is 9.59 Å². The minimum Gasteiger partial charge on any atom is -0.336 e. The first-order valence-corrected chi connectivity index (χ1v) is 10.7. The molecule has 2 aliphatic rings. The van der Waals surface area contributed by atoms with Gasteiger partial charge in [0.2, 0.25) is 5.91 Å². The number of hydrogen-bond donors (Lipinski definition) is 0. The average Bonchev–Trinajstić information content (AvgIpc) is 3.30. The first-order chi connectivity index (χ1) is 13.5. The first-order valence-electron chi connectivity index (χ1n) is 9.47.